The molecule has 0 amide bonds. The number of hydrogen-bond acceptors (Lipinski definition) is 2. The lowest BCUT2D eigenvalue weighted by atomic mass is 9.98. The Hall–Kier alpha value is -0.820. The Kier molecular flexibility index (Phi) is 5.26. The summed E-state index contributed by atoms with van der Waals surface area (Å²) in [6.07, 6.45) is 0.253. The number of hydrogen-bond donors (Lipinski definition) is 2. The van der Waals surface area contributed by atoms with Crippen LogP contribution in [0.1, 0.15) is 17.2 Å². The summed E-state index contributed by atoms with van der Waals surface area (Å²) in [5.41, 5.74) is 3.40. The average Bonchev–Trinajstić information content (AvgIpc) is 2.41. The molecular formula is C14H12Br2F2N2. The monoisotopic (exact) mass is 404 g/mol. The van der Waals surface area contributed by atoms with Crippen LogP contribution in [0.5, 0.6) is 0 Å². The quantitative estimate of drug-likeness (QED) is 0.589. The van der Waals surface area contributed by atoms with Crippen molar-refractivity contribution in [3.63, 3.8) is 0 Å². The van der Waals surface area contributed by atoms with Gasteiger partial charge in [-0.1, -0.05) is 37.9 Å². The molecule has 1 unspecified atom stereocenters. The summed E-state index contributed by atoms with van der Waals surface area (Å²) < 4.78 is 29.1. The van der Waals surface area contributed by atoms with E-state index >= 15 is 0 Å². The van der Waals surface area contributed by atoms with E-state index in [0.717, 1.165) is 4.47 Å². The number of rotatable bonds is 4. The van der Waals surface area contributed by atoms with Crippen LogP contribution in [0.25, 0.3) is 0 Å². The minimum absolute atomic E-state index is 0.253. The molecule has 2 aromatic rings. The highest BCUT2D eigenvalue weighted by Gasteiger charge is 2.17. The number of nitrogens with one attached hydrogen (secondary N) is 1. The molecule has 0 saturated heterocycles. The molecule has 0 saturated carbocycles. The lowest BCUT2D eigenvalue weighted by molar-refractivity contribution is 0.498. The molecule has 20 heavy (non-hydrogen) atoms. The van der Waals surface area contributed by atoms with Crippen molar-refractivity contribution in [3.8, 4) is 0 Å². The van der Waals surface area contributed by atoms with Crippen LogP contribution in [0.4, 0.5) is 8.78 Å². The van der Waals surface area contributed by atoms with Crippen molar-refractivity contribution in [1.29, 1.82) is 0 Å². The van der Waals surface area contributed by atoms with E-state index in [2.05, 4.69) is 37.3 Å². The summed E-state index contributed by atoms with van der Waals surface area (Å²) in [6, 6.07) is 8.84. The third-order valence-electron chi connectivity index (χ3n) is 2.97. The molecule has 0 heterocycles. The maximum absolute atomic E-state index is 13.9. The molecule has 0 aliphatic carbocycles. The summed E-state index contributed by atoms with van der Waals surface area (Å²) in [7, 11) is 0. The molecule has 0 aromatic heterocycles. The van der Waals surface area contributed by atoms with Gasteiger partial charge in [0.2, 0.25) is 0 Å². The van der Waals surface area contributed by atoms with Crippen molar-refractivity contribution in [2.75, 3.05) is 0 Å². The molecule has 3 N–H and O–H groups in total. The van der Waals surface area contributed by atoms with E-state index in [9.17, 15) is 8.78 Å². The second kappa shape index (κ2) is 6.76. The Labute approximate surface area is 132 Å². The van der Waals surface area contributed by atoms with E-state index in [0.29, 0.717) is 15.6 Å². The van der Waals surface area contributed by atoms with Gasteiger partial charge in [0, 0.05) is 14.5 Å². The van der Waals surface area contributed by atoms with Gasteiger partial charge in [0.1, 0.15) is 11.6 Å². The average molecular weight is 406 g/mol. The van der Waals surface area contributed by atoms with Crippen LogP contribution in [0.15, 0.2) is 45.3 Å². The smallest absolute Gasteiger partial charge is 0.128 e. The Morgan fingerprint density at radius 1 is 1.00 bits per heavy atom. The van der Waals surface area contributed by atoms with Crippen LogP contribution in [-0.4, -0.2) is 0 Å². The Morgan fingerprint density at radius 2 is 1.65 bits per heavy atom. The van der Waals surface area contributed by atoms with Gasteiger partial charge in [-0.3, -0.25) is 11.3 Å². The summed E-state index contributed by atoms with van der Waals surface area (Å²) in [5.74, 6) is 4.76. The van der Waals surface area contributed by atoms with Gasteiger partial charge in [0.25, 0.3) is 0 Å². The van der Waals surface area contributed by atoms with Crippen molar-refractivity contribution in [2.24, 2.45) is 5.84 Å². The number of nitrogens with two attached hydrogens (primary N) is 1. The first-order chi connectivity index (χ1) is 9.51. The van der Waals surface area contributed by atoms with Crippen LogP contribution in [0, 0.1) is 11.6 Å². The van der Waals surface area contributed by atoms with E-state index < -0.39 is 6.04 Å². The topological polar surface area (TPSA) is 38.0 Å². The van der Waals surface area contributed by atoms with Crippen molar-refractivity contribution in [2.45, 2.75) is 12.5 Å². The molecule has 0 fully saturated rings. The molecule has 0 aliphatic rings. The third kappa shape index (κ3) is 3.63. The fourth-order valence-electron chi connectivity index (χ4n) is 1.95. The minimum atomic E-state index is -0.511. The SMILES string of the molecule is NNC(Cc1ccc(Br)cc1F)c1cc(Br)ccc1F. The Bertz CT molecular complexity index is 620. The predicted molar refractivity (Wildman–Crippen MR) is 82.0 cm³/mol. The number of benzene rings is 2. The standard InChI is InChI=1S/C14H12Br2F2N2/c15-9-3-4-12(17)11(6-9)14(20-19)5-8-1-2-10(16)7-13(8)18/h1-4,6-7,14,20H,5,19H2. The van der Waals surface area contributed by atoms with Gasteiger partial charge < -0.3 is 0 Å². The largest absolute Gasteiger partial charge is 0.271 e. The fourth-order valence-corrected chi connectivity index (χ4v) is 2.66. The molecule has 1 atom stereocenters. The van der Waals surface area contributed by atoms with Gasteiger partial charge in [-0.25, -0.2) is 8.78 Å². The molecule has 106 valence electrons. The second-order valence-electron chi connectivity index (χ2n) is 4.32. The number of hydrazine groups is 1. The lowest BCUT2D eigenvalue weighted by Crippen LogP contribution is -2.30. The molecule has 0 spiro atoms. The molecule has 2 nitrogen and oxygen atoms in total. The van der Waals surface area contributed by atoms with Crippen LogP contribution in [0.3, 0.4) is 0 Å². The zero-order chi connectivity index (χ0) is 14.7. The van der Waals surface area contributed by atoms with Gasteiger partial charge in [-0.15, -0.1) is 0 Å². The first-order valence-corrected chi connectivity index (χ1v) is 7.45. The summed E-state index contributed by atoms with van der Waals surface area (Å²) in [6.45, 7) is 0. The molecule has 0 bridgehead atoms. The Morgan fingerprint density at radius 3 is 2.30 bits per heavy atom. The molecule has 2 rings (SSSR count). The third-order valence-corrected chi connectivity index (χ3v) is 3.96. The molecule has 2 aromatic carbocycles. The van der Waals surface area contributed by atoms with E-state index in [1.54, 1.807) is 24.3 Å². The maximum Gasteiger partial charge on any atom is 0.128 e. The highest BCUT2D eigenvalue weighted by Crippen LogP contribution is 2.26. The highest BCUT2D eigenvalue weighted by molar-refractivity contribution is 9.10. The first-order valence-electron chi connectivity index (χ1n) is 5.86. The zero-order valence-corrected chi connectivity index (χ0v) is 13.5. The zero-order valence-electron chi connectivity index (χ0n) is 10.3. The normalized spacial score (nSPS) is 12.4. The second-order valence-corrected chi connectivity index (χ2v) is 6.16. The minimum Gasteiger partial charge on any atom is -0.271 e. The Balaban J connectivity index is 2.31. The van der Waals surface area contributed by atoms with Gasteiger partial charge in [-0.05, 0) is 42.3 Å². The number of halogens is 4. The van der Waals surface area contributed by atoms with E-state index in [1.165, 1.54) is 12.1 Å². The van der Waals surface area contributed by atoms with E-state index in [4.69, 9.17) is 5.84 Å². The lowest BCUT2D eigenvalue weighted by Gasteiger charge is -2.18. The fraction of sp³-hybridized carbons (Fsp3) is 0.143. The van der Waals surface area contributed by atoms with Crippen molar-refractivity contribution in [1.82, 2.24) is 5.43 Å². The van der Waals surface area contributed by atoms with Gasteiger partial charge in [0.05, 0.1) is 6.04 Å². The maximum atomic E-state index is 13.9. The van der Waals surface area contributed by atoms with Gasteiger partial charge in [0.15, 0.2) is 0 Å². The van der Waals surface area contributed by atoms with Crippen LogP contribution in [-0.2, 0) is 6.42 Å². The highest BCUT2D eigenvalue weighted by atomic mass is 79.9. The summed E-state index contributed by atoms with van der Waals surface area (Å²) >= 11 is 6.49. The molecular weight excluding hydrogens is 394 g/mol. The summed E-state index contributed by atoms with van der Waals surface area (Å²) in [5, 5.41) is 0. The van der Waals surface area contributed by atoms with Gasteiger partial charge in [-0.2, -0.15) is 0 Å². The molecule has 6 heteroatoms. The van der Waals surface area contributed by atoms with E-state index in [-0.39, 0.29) is 18.1 Å². The first kappa shape index (κ1) is 15.6. The predicted octanol–water partition coefficient (Wildman–Crippen LogP) is 4.24. The molecule has 0 aliphatic heterocycles. The van der Waals surface area contributed by atoms with Crippen LogP contribution in [0.2, 0.25) is 0 Å². The van der Waals surface area contributed by atoms with Gasteiger partial charge >= 0.3 is 0 Å². The van der Waals surface area contributed by atoms with Crippen molar-refractivity contribution >= 4 is 31.9 Å². The van der Waals surface area contributed by atoms with E-state index in [1.807, 2.05) is 0 Å². The summed E-state index contributed by atoms with van der Waals surface area (Å²) in [4.78, 5) is 0. The molecule has 0 radical (unpaired) electrons. The van der Waals surface area contributed by atoms with Crippen LogP contribution >= 0.6 is 31.9 Å². The van der Waals surface area contributed by atoms with Crippen LogP contribution < -0.4 is 11.3 Å². The van der Waals surface area contributed by atoms with Crippen molar-refractivity contribution < 1.29 is 8.78 Å². The van der Waals surface area contributed by atoms with Crippen molar-refractivity contribution in [3.05, 3.63) is 68.1 Å².